The largest absolute Gasteiger partial charge is 0.494 e. The molecule has 2 unspecified atom stereocenters. The summed E-state index contributed by atoms with van der Waals surface area (Å²) in [6, 6.07) is 4.59. The van der Waals surface area contributed by atoms with Crippen LogP contribution in [0.3, 0.4) is 0 Å². The molecule has 3 nitrogen and oxygen atoms in total. The molecule has 0 radical (unpaired) electrons. The van der Waals surface area contributed by atoms with Gasteiger partial charge in [0.2, 0.25) is 0 Å². The lowest BCUT2D eigenvalue weighted by molar-refractivity contribution is 0.0889. The Balaban J connectivity index is 2.25. The zero-order valence-corrected chi connectivity index (χ0v) is 9.28. The number of benzene rings is 1. The van der Waals surface area contributed by atoms with Crippen molar-refractivity contribution in [2.75, 3.05) is 13.7 Å². The van der Waals surface area contributed by atoms with Crippen LogP contribution in [0.4, 0.5) is 4.39 Å². The number of ether oxygens (including phenoxy) is 2. The minimum atomic E-state index is -0.419. The maximum absolute atomic E-state index is 13.9. The smallest absolute Gasteiger partial charge is 0.169 e. The minimum Gasteiger partial charge on any atom is -0.494 e. The molecule has 1 aliphatic heterocycles. The highest BCUT2D eigenvalue weighted by Gasteiger charge is 2.27. The van der Waals surface area contributed by atoms with Crippen LogP contribution in [0.5, 0.6) is 5.75 Å². The molecule has 0 aliphatic carbocycles. The quantitative estimate of drug-likeness (QED) is 0.855. The Morgan fingerprint density at radius 3 is 3.00 bits per heavy atom. The molecule has 0 aromatic heterocycles. The first-order valence-electron chi connectivity index (χ1n) is 5.43. The number of rotatable bonds is 3. The standard InChI is InChI=1S/C12H16FNO2/c1-15-9-5-2-4-8(11(9)13)12(14)10-6-3-7-16-10/h2,4-5,10,12H,3,6-7,14H2,1H3. The topological polar surface area (TPSA) is 44.5 Å². The maximum Gasteiger partial charge on any atom is 0.169 e. The van der Waals surface area contributed by atoms with E-state index in [1.165, 1.54) is 7.11 Å². The van der Waals surface area contributed by atoms with E-state index in [0.717, 1.165) is 12.8 Å². The lowest BCUT2D eigenvalue weighted by Gasteiger charge is -2.20. The van der Waals surface area contributed by atoms with Crippen molar-refractivity contribution in [3.05, 3.63) is 29.6 Å². The van der Waals surface area contributed by atoms with E-state index in [4.69, 9.17) is 15.2 Å². The van der Waals surface area contributed by atoms with Crippen molar-refractivity contribution >= 4 is 0 Å². The Morgan fingerprint density at radius 1 is 1.56 bits per heavy atom. The van der Waals surface area contributed by atoms with Crippen LogP contribution in [-0.4, -0.2) is 19.8 Å². The number of halogens is 1. The summed E-state index contributed by atoms with van der Waals surface area (Å²) in [5.74, 6) is -0.154. The van der Waals surface area contributed by atoms with Gasteiger partial charge in [0.05, 0.1) is 19.3 Å². The lowest BCUT2D eigenvalue weighted by Crippen LogP contribution is -2.26. The molecule has 16 heavy (non-hydrogen) atoms. The van der Waals surface area contributed by atoms with Crippen LogP contribution in [0.25, 0.3) is 0 Å². The van der Waals surface area contributed by atoms with Crippen LogP contribution in [0.1, 0.15) is 24.4 Å². The van der Waals surface area contributed by atoms with Crippen molar-refractivity contribution < 1.29 is 13.9 Å². The molecule has 4 heteroatoms. The van der Waals surface area contributed by atoms with Crippen LogP contribution in [0.15, 0.2) is 18.2 Å². The highest BCUT2D eigenvalue weighted by molar-refractivity contribution is 5.33. The summed E-state index contributed by atoms with van der Waals surface area (Å²) < 4.78 is 24.3. The van der Waals surface area contributed by atoms with Gasteiger partial charge in [0, 0.05) is 12.2 Å². The molecular weight excluding hydrogens is 209 g/mol. The third-order valence-corrected chi connectivity index (χ3v) is 2.94. The van der Waals surface area contributed by atoms with Crippen LogP contribution < -0.4 is 10.5 Å². The highest BCUT2D eigenvalue weighted by atomic mass is 19.1. The molecule has 0 bridgehead atoms. The van der Waals surface area contributed by atoms with Gasteiger partial charge in [-0.25, -0.2) is 4.39 Å². The van der Waals surface area contributed by atoms with E-state index in [9.17, 15) is 4.39 Å². The van der Waals surface area contributed by atoms with Gasteiger partial charge >= 0.3 is 0 Å². The van der Waals surface area contributed by atoms with E-state index < -0.39 is 6.04 Å². The fourth-order valence-corrected chi connectivity index (χ4v) is 2.03. The summed E-state index contributed by atoms with van der Waals surface area (Å²) in [5, 5.41) is 0. The second kappa shape index (κ2) is 4.80. The van der Waals surface area contributed by atoms with E-state index in [0.29, 0.717) is 12.2 Å². The second-order valence-corrected chi connectivity index (χ2v) is 3.94. The molecular formula is C12H16FNO2. The van der Waals surface area contributed by atoms with Crippen molar-refractivity contribution in [2.24, 2.45) is 5.73 Å². The third kappa shape index (κ3) is 2.03. The zero-order valence-electron chi connectivity index (χ0n) is 9.28. The number of methoxy groups -OCH3 is 1. The van der Waals surface area contributed by atoms with Crippen molar-refractivity contribution in [3.63, 3.8) is 0 Å². The summed E-state index contributed by atoms with van der Waals surface area (Å²) in [6.45, 7) is 0.712. The number of hydrogen-bond donors (Lipinski definition) is 1. The molecule has 1 heterocycles. The van der Waals surface area contributed by atoms with Gasteiger partial charge in [-0.15, -0.1) is 0 Å². The van der Waals surface area contributed by atoms with Crippen LogP contribution in [-0.2, 0) is 4.74 Å². The molecule has 2 atom stereocenters. The van der Waals surface area contributed by atoms with E-state index >= 15 is 0 Å². The predicted molar refractivity (Wildman–Crippen MR) is 58.9 cm³/mol. The summed E-state index contributed by atoms with van der Waals surface area (Å²) in [7, 11) is 1.44. The summed E-state index contributed by atoms with van der Waals surface area (Å²) in [4.78, 5) is 0. The van der Waals surface area contributed by atoms with Crippen molar-refractivity contribution in [2.45, 2.75) is 25.0 Å². The molecule has 88 valence electrons. The van der Waals surface area contributed by atoms with E-state index in [-0.39, 0.29) is 17.7 Å². The lowest BCUT2D eigenvalue weighted by atomic mass is 9.99. The first-order chi connectivity index (χ1) is 7.74. The molecule has 2 N–H and O–H groups in total. The molecule has 0 saturated carbocycles. The maximum atomic E-state index is 13.9. The molecule has 0 amide bonds. The molecule has 0 spiro atoms. The van der Waals surface area contributed by atoms with Gasteiger partial charge in [-0.1, -0.05) is 12.1 Å². The fraction of sp³-hybridized carbons (Fsp3) is 0.500. The van der Waals surface area contributed by atoms with Crippen LogP contribution in [0, 0.1) is 5.82 Å². The normalized spacial score (nSPS) is 22.1. The van der Waals surface area contributed by atoms with Gasteiger partial charge in [0.1, 0.15) is 0 Å². The van der Waals surface area contributed by atoms with Crippen molar-refractivity contribution in [1.82, 2.24) is 0 Å². The van der Waals surface area contributed by atoms with Gasteiger partial charge in [0.25, 0.3) is 0 Å². The van der Waals surface area contributed by atoms with Gasteiger partial charge in [-0.2, -0.15) is 0 Å². The predicted octanol–water partition coefficient (Wildman–Crippen LogP) is 2.01. The number of hydrogen-bond acceptors (Lipinski definition) is 3. The Kier molecular flexibility index (Phi) is 3.41. The summed E-state index contributed by atoms with van der Waals surface area (Å²) in [6.07, 6.45) is 1.79. The fourth-order valence-electron chi connectivity index (χ4n) is 2.03. The summed E-state index contributed by atoms with van der Waals surface area (Å²) in [5.41, 5.74) is 6.47. The first-order valence-corrected chi connectivity index (χ1v) is 5.43. The van der Waals surface area contributed by atoms with E-state index in [1.807, 2.05) is 0 Å². The van der Waals surface area contributed by atoms with Gasteiger partial charge in [-0.05, 0) is 18.9 Å². The van der Waals surface area contributed by atoms with Crippen LogP contribution in [0.2, 0.25) is 0 Å². The molecule has 1 saturated heterocycles. The Morgan fingerprint density at radius 2 is 2.38 bits per heavy atom. The van der Waals surface area contributed by atoms with Gasteiger partial charge in [0.15, 0.2) is 11.6 Å². The van der Waals surface area contributed by atoms with Gasteiger partial charge in [-0.3, -0.25) is 0 Å². The van der Waals surface area contributed by atoms with E-state index in [1.54, 1.807) is 18.2 Å². The molecule has 1 aromatic rings. The summed E-state index contributed by atoms with van der Waals surface area (Å²) >= 11 is 0. The van der Waals surface area contributed by atoms with Crippen molar-refractivity contribution in [3.8, 4) is 5.75 Å². The zero-order chi connectivity index (χ0) is 11.5. The molecule has 1 fully saturated rings. The SMILES string of the molecule is COc1cccc(C(N)C2CCCO2)c1F. The molecule has 2 rings (SSSR count). The van der Waals surface area contributed by atoms with Gasteiger partial charge < -0.3 is 15.2 Å². The third-order valence-electron chi connectivity index (χ3n) is 2.94. The molecule has 1 aliphatic rings. The Labute approximate surface area is 94.3 Å². The Hall–Kier alpha value is -1.13. The molecule has 1 aromatic carbocycles. The minimum absolute atomic E-state index is 0.0818. The monoisotopic (exact) mass is 225 g/mol. The first kappa shape index (κ1) is 11.4. The van der Waals surface area contributed by atoms with E-state index in [2.05, 4.69) is 0 Å². The average molecular weight is 225 g/mol. The second-order valence-electron chi connectivity index (χ2n) is 3.94. The average Bonchev–Trinajstić information content (AvgIpc) is 2.82. The van der Waals surface area contributed by atoms with Crippen molar-refractivity contribution in [1.29, 1.82) is 0 Å². The highest BCUT2D eigenvalue weighted by Crippen LogP contribution is 2.29. The van der Waals surface area contributed by atoms with Crippen LogP contribution >= 0.6 is 0 Å². The Bertz CT molecular complexity index is 364. The number of nitrogens with two attached hydrogens (primary N) is 1.